The Morgan fingerprint density at radius 1 is 1.41 bits per heavy atom. The number of hydrogen-bond donors (Lipinski definition) is 1. The Kier molecular flexibility index (Phi) is 2.49. The lowest BCUT2D eigenvalue weighted by Crippen LogP contribution is -2.02. The first-order chi connectivity index (χ1) is 8.16. The number of nitrogens with zero attached hydrogens (tertiary/aromatic N) is 3. The molecule has 0 aliphatic carbocycles. The number of phenols is 1. The average molecular weight is 269 g/mol. The number of aromatic nitrogens is 3. The molecule has 0 fully saturated rings. The minimum Gasteiger partial charge on any atom is -0.508 e. The van der Waals surface area contributed by atoms with E-state index in [9.17, 15) is 5.11 Å². The topological polar surface area (TPSA) is 50.9 Å². The lowest BCUT2D eigenvalue weighted by atomic mass is 9.96. The molecule has 0 saturated heterocycles. The lowest BCUT2D eigenvalue weighted by molar-refractivity contribution is 0.459. The van der Waals surface area contributed by atoms with Gasteiger partial charge in [-0.3, -0.25) is 0 Å². The summed E-state index contributed by atoms with van der Waals surface area (Å²) in [5, 5.41) is 18.4. The molecular formula is C11H8Cl2N3O. The first kappa shape index (κ1) is 10.9. The maximum absolute atomic E-state index is 9.89. The van der Waals surface area contributed by atoms with Crippen molar-refractivity contribution in [3.63, 3.8) is 0 Å². The molecule has 4 nitrogen and oxygen atoms in total. The van der Waals surface area contributed by atoms with Crippen LogP contribution in [0.25, 0.3) is 0 Å². The second-order valence-electron chi connectivity index (χ2n) is 4.02. The highest BCUT2D eigenvalue weighted by Crippen LogP contribution is 2.41. The van der Waals surface area contributed by atoms with Crippen LogP contribution < -0.4 is 0 Å². The second kappa shape index (κ2) is 3.89. The van der Waals surface area contributed by atoms with Gasteiger partial charge < -0.3 is 9.67 Å². The fourth-order valence-electron chi connectivity index (χ4n) is 2.19. The molecule has 1 aliphatic heterocycles. The predicted octanol–water partition coefficient (Wildman–Crippen LogP) is 2.43. The Morgan fingerprint density at radius 3 is 3.00 bits per heavy atom. The number of fused-ring (bicyclic) bond motifs is 1. The molecule has 87 valence electrons. The summed E-state index contributed by atoms with van der Waals surface area (Å²) < 4.78 is 1.83. The third-order valence-corrected chi connectivity index (χ3v) is 3.81. The van der Waals surface area contributed by atoms with Gasteiger partial charge in [0.05, 0.1) is 10.0 Å². The fraction of sp³-hybridized carbons (Fsp3) is 0.273. The zero-order valence-corrected chi connectivity index (χ0v) is 10.2. The van der Waals surface area contributed by atoms with E-state index in [2.05, 4.69) is 16.5 Å². The summed E-state index contributed by atoms with van der Waals surface area (Å²) in [6.07, 6.45) is 3.45. The minimum absolute atomic E-state index is 0.0722. The molecule has 2 aromatic rings. The fourth-order valence-corrected chi connectivity index (χ4v) is 2.67. The molecule has 1 aromatic heterocycles. The van der Waals surface area contributed by atoms with Crippen LogP contribution >= 0.6 is 23.2 Å². The van der Waals surface area contributed by atoms with E-state index in [1.165, 1.54) is 0 Å². The Hall–Kier alpha value is -1.26. The second-order valence-corrected chi connectivity index (χ2v) is 4.81. The largest absolute Gasteiger partial charge is 0.508 e. The van der Waals surface area contributed by atoms with Crippen LogP contribution in [0.5, 0.6) is 5.75 Å². The molecule has 1 aromatic carbocycles. The third-order valence-electron chi connectivity index (χ3n) is 2.99. The van der Waals surface area contributed by atoms with Crippen molar-refractivity contribution < 1.29 is 5.11 Å². The predicted molar refractivity (Wildman–Crippen MR) is 63.4 cm³/mol. The van der Waals surface area contributed by atoms with Crippen molar-refractivity contribution in [2.75, 3.05) is 0 Å². The highest BCUT2D eigenvalue weighted by Gasteiger charge is 2.29. The maximum atomic E-state index is 9.89. The number of hydrogen-bond acceptors (Lipinski definition) is 3. The summed E-state index contributed by atoms with van der Waals surface area (Å²) in [5.74, 6) is 1.09. The highest BCUT2D eigenvalue weighted by molar-refractivity contribution is 6.42. The molecule has 0 spiro atoms. The van der Waals surface area contributed by atoms with E-state index < -0.39 is 0 Å². The van der Waals surface area contributed by atoms with Gasteiger partial charge in [-0.1, -0.05) is 23.2 Å². The lowest BCUT2D eigenvalue weighted by Gasteiger charge is -2.14. The van der Waals surface area contributed by atoms with Crippen molar-refractivity contribution in [2.45, 2.75) is 18.9 Å². The Bertz CT molecular complexity index is 562. The van der Waals surface area contributed by atoms with Gasteiger partial charge in [-0.2, -0.15) is 0 Å². The summed E-state index contributed by atoms with van der Waals surface area (Å²) in [4.78, 5) is 0. The van der Waals surface area contributed by atoms with Gasteiger partial charge in [0, 0.05) is 24.4 Å². The van der Waals surface area contributed by atoms with Crippen molar-refractivity contribution in [3.8, 4) is 5.75 Å². The van der Waals surface area contributed by atoms with Gasteiger partial charge in [0.2, 0.25) is 6.33 Å². The van der Waals surface area contributed by atoms with Gasteiger partial charge in [0.1, 0.15) is 11.6 Å². The van der Waals surface area contributed by atoms with Crippen molar-refractivity contribution in [2.24, 2.45) is 0 Å². The van der Waals surface area contributed by atoms with E-state index in [0.717, 1.165) is 5.82 Å². The summed E-state index contributed by atoms with van der Waals surface area (Å²) in [7, 11) is 0. The first-order valence-electron chi connectivity index (χ1n) is 5.13. The van der Waals surface area contributed by atoms with Crippen LogP contribution in [0.15, 0.2) is 12.1 Å². The molecule has 2 heterocycles. The Balaban J connectivity index is 2.02. The highest BCUT2D eigenvalue weighted by atomic mass is 35.5. The maximum Gasteiger partial charge on any atom is 0.202 e. The molecular weight excluding hydrogens is 261 g/mol. The van der Waals surface area contributed by atoms with Crippen molar-refractivity contribution in [3.05, 3.63) is 39.9 Å². The van der Waals surface area contributed by atoms with Crippen LogP contribution in [-0.4, -0.2) is 19.9 Å². The molecule has 1 aliphatic rings. The van der Waals surface area contributed by atoms with Crippen LogP contribution in [0, 0.1) is 6.33 Å². The monoisotopic (exact) mass is 268 g/mol. The smallest absolute Gasteiger partial charge is 0.202 e. The van der Waals surface area contributed by atoms with E-state index >= 15 is 0 Å². The van der Waals surface area contributed by atoms with Gasteiger partial charge >= 0.3 is 0 Å². The van der Waals surface area contributed by atoms with Crippen molar-refractivity contribution >= 4 is 23.2 Å². The number of benzene rings is 1. The van der Waals surface area contributed by atoms with Gasteiger partial charge in [0.15, 0.2) is 0 Å². The molecule has 1 radical (unpaired) electrons. The molecule has 1 unspecified atom stereocenters. The standard InChI is InChI=1S/C11H8Cl2N3O/c12-7-1-2-8(17)10(11(7)13)6-3-9-15-14-5-16(9)4-6/h1-2,6,17H,3-4H2. The van der Waals surface area contributed by atoms with Gasteiger partial charge in [-0.05, 0) is 12.1 Å². The Labute approximate surface area is 108 Å². The van der Waals surface area contributed by atoms with E-state index in [4.69, 9.17) is 23.2 Å². The van der Waals surface area contributed by atoms with Crippen molar-refractivity contribution in [1.29, 1.82) is 0 Å². The number of phenolic OH excluding ortho intramolecular Hbond substituents is 1. The van der Waals surface area contributed by atoms with Crippen LogP contribution in [0.4, 0.5) is 0 Å². The number of halogens is 2. The SMILES string of the molecule is Oc1ccc(Cl)c(Cl)c1C1Cc2nn[c]n2C1. The molecule has 6 heteroatoms. The normalized spacial score (nSPS) is 18.4. The van der Waals surface area contributed by atoms with Gasteiger partial charge in [-0.15, -0.1) is 10.2 Å². The van der Waals surface area contributed by atoms with Gasteiger partial charge in [0.25, 0.3) is 0 Å². The summed E-state index contributed by atoms with van der Waals surface area (Å²) in [6, 6.07) is 3.15. The zero-order valence-electron chi connectivity index (χ0n) is 8.69. The third kappa shape index (κ3) is 1.68. The van der Waals surface area contributed by atoms with Gasteiger partial charge in [-0.25, -0.2) is 0 Å². The minimum atomic E-state index is 0.0722. The van der Waals surface area contributed by atoms with Crippen molar-refractivity contribution in [1.82, 2.24) is 14.8 Å². The molecule has 17 heavy (non-hydrogen) atoms. The molecule has 1 atom stereocenters. The Morgan fingerprint density at radius 2 is 2.24 bits per heavy atom. The summed E-state index contributed by atoms with van der Waals surface area (Å²) in [6.45, 7) is 0.663. The molecule has 0 saturated carbocycles. The van der Waals surface area contributed by atoms with Crippen LogP contribution in [0.2, 0.25) is 10.0 Å². The molecule has 1 N–H and O–H groups in total. The van der Waals surface area contributed by atoms with E-state index in [-0.39, 0.29) is 11.7 Å². The summed E-state index contributed by atoms with van der Waals surface area (Å²) in [5.41, 5.74) is 0.679. The van der Waals surface area contributed by atoms with Crippen LogP contribution in [0.1, 0.15) is 17.3 Å². The van der Waals surface area contributed by atoms with E-state index in [1.807, 2.05) is 4.57 Å². The number of rotatable bonds is 1. The van der Waals surface area contributed by atoms with E-state index in [1.54, 1.807) is 12.1 Å². The molecule has 0 amide bonds. The molecule has 0 bridgehead atoms. The van der Waals surface area contributed by atoms with Crippen LogP contribution in [0.3, 0.4) is 0 Å². The number of aromatic hydroxyl groups is 1. The first-order valence-corrected chi connectivity index (χ1v) is 5.89. The quantitative estimate of drug-likeness (QED) is 0.865. The molecule has 3 rings (SSSR count). The zero-order chi connectivity index (χ0) is 12.0. The summed E-state index contributed by atoms with van der Waals surface area (Å²) >= 11 is 12.1. The average Bonchev–Trinajstić information content (AvgIpc) is 2.84. The van der Waals surface area contributed by atoms with E-state index in [0.29, 0.717) is 28.6 Å². The van der Waals surface area contributed by atoms with Crippen LogP contribution in [-0.2, 0) is 13.0 Å².